The topological polar surface area (TPSA) is 95.8 Å². The fraction of sp³-hybridized carbons (Fsp3) is 0.154. The van der Waals surface area contributed by atoms with Crippen molar-refractivity contribution in [1.29, 1.82) is 0 Å². The summed E-state index contributed by atoms with van der Waals surface area (Å²) in [5.74, 6) is -0.611. The van der Waals surface area contributed by atoms with Crippen molar-refractivity contribution < 1.29 is 14.4 Å². The zero-order valence-corrected chi connectivity index (χ0v) is 13.2. The number of aromatic amines is 1. The summed E-state index contributed by atoms with van der Waals surface area (Å²) in [6.07, 6.45) is 0. The van der Waals surface area contributed by atoms with Gasteiger partial charge in [-0.1, -0.05) is 0 Å². The Balaban J connectivity index is 2.03. The quantitative estimate of drug-likeness (QED) is 0.606. The Morgan fingerprint density at radius 2 is 2.18 bits per heavy atom. The number of amides is 1. The fourth-order valence-electron chi connectivity index (χ4n) is 2.22. The Kier molecular flexibility index (Phi) is 3.36. The molecule has 0 radical (unpaired) electrons. The summed E-state index contributed by atoms with van der Waals surface area (Å²) in [6, 6.07) is 2.80. The van der Waals surface area contributed by atoms with Crippen LogP contribution in [0.4, 0.5) is 10.2 Å². The third kappa shape index (κ3) is 2.13. The van der Waals surface area contributed by atoms with Crippen LogP contribution in [0.3, 0.4) is 0 Å². The summed E-state index contributed by atoms with van der Waals surface area (Å²) < 4.78 is 14.5. The normalized spacial score (nSPS) is 11.1. The maximum absolute atomic E-state index is 13.6. The van der Waals surface area contributed by atoms with Gasteiger partial charge in [0.15, 0.2) is 11.5 Å². The Morgan fingerprint density at radius 3 is 2.82 bits per heavy atom. The number of benzene rings is 1. The van der Waals surface area contributed by atoms with Gasteiger partial charge < -0.3 is 10.5 Å². The molecule has 0 fully saturated rings. The van der Waals surface area contributed by atoms with E-state index in [1.165, 1.54) is 12.1 Å². The molecule has 0 aliphatic rings. The van der Waals surface area contributed by atoms with Crippen LogP contribution in [0.2, 0.25) is 0 Å². The number of nitrogens with zero attached hydrogens (tertiary/aromatic N) is 3. The number of fused-ring (bicyclic) bond motifs is 1. The minimum Gasteiger partial charge on any atom is -0.426 e. The molecule has 0 unspecified atom stereocenters. The van der Waals surface area contributed by atoms with Gasteiger partial charge in [-0.25, -0.2) is 9.37 Å². The lowest BCUT2D eigenvalue weighted by molar-refractivity contribution is 0.0967. The van der Waals surface area contributed by atoms with Gasteiger partial charge in [0.1, 0.15) is 11.6 Å². The van der Waals surface area contributed by atoms with E-state index in [9.17, 15) is 14.4 Å². The lowest BCUT2D eigenvalue weighted by Gasteiger charge is -2.05. The van der Waals surface area contributed by atoms with E-state index in [0.717, 1.165) is 0 Å². The van der Waals surface area contributed by atoms with Crippen LogP contribution in [0.25, 0.3) is 10.9 Å². The second-order valence-corrected chi connectivity index (χ2v) is 5.51. The van der Waals surface area contributed by atoms with Crippen molar-refractivity contribution in [3.63, 3.8) is 0 Å². The van der Waals surface area contributed by atoms with E-state index < -0.39 is 11.7 Å². The lowest BCUT2D eigenvalue weighted by atomic mass is 10.2. The van der Waals surface area contributed by atoms with Crippen LogP contribution in [-0.2, 0) is 0 Å². The predicted octanol–water partition coefficient (Wildman–Crippen LogP) is 2.77. The lowest BCUT2D eigenvalue weighted by Crippen LogP contribution is -2.18. The summed E-state index contributed by atoms with van der Waals surface area (Å²) in [6.45, 7) is 3.17. The molecule has 3 N–H and O–H groups in total. The molecule has 0 saturated carbocycles. The molecule has 2 heterocycles. The van der Waals surface area contributed by atoms with Crippen molar-refractivity contribution in [2.45, 2.75) is 13.8 Å². The van der Waals surface area contributed by atoms with Gasteiger partial charge in [0, 0.05) is 0 Å². The van der Waals surface area contributed by atoms with E-state index in [-0.39, 0.29) is 16.0 Å². The molecule has 3 rings (SSSR count). The Hall–Kier alpha value is -2.42. The second kappa shape index (κ2) is 5.09. The summed E-state index contributed by atoms with van der Waals surface area (Å²) in [5, 5.41) is 19.4. The average molecular weight is 368 g/mol. The molecule has 1 aromatic carbocycles. The molecule has 0 aliphatic heterocycles. The highest BCUT2D eigenvalue weighted by molar-refractivity contribution is 9.10. The molecule has 0 spiro atoms. The van der Waals surface area contributed by atoms with Crippen molar-refractivity contribution in [2.24, 2.45) is 0 Å². The van der Waals surface area contributed by atoms with E-state index in [1.54, 1.807) is 13.8 Å². The van der Waals surface area contributed by atoms with Crippen molar-refractivity contribution in [3.8, 4) is 0 Å². The monoisotopic (exact) mass is 367 g/mol. The SMILES string of the molecule is Cc1nc(C)n(O)c1C(=O)Nc1n[nH]c2ccc(F)c(Br)c12. The van der Waals surface area contributed by atoms with Crippen LogP contribution < -0.4 is 5.32 Å². The molecular formula is C13H11BrFN5O2. The molecule has 0 bridgehead atoms. The van der Waals surface area contributed by atoms with Gasteiger partial charge in [-0.2, -0.15) is 9.83 Å². The maximum atomic E-state index is 13.6. The largest absolute Gasteiger partial charge is 0.426 e. The first-order valence-corrected chi connectivity index (χ1v) is 7.08. The van der Waals surface area contributed by atoms with E-state index in [2.05, 4.69) is 36.4 Å². The van der Waals surface area contributed by atoms with Crippen LogP contribution in [0, 0.1) is 19.7 Å². The number of rotatable bonds is 2. The number of hydrogen-bond donors (Lipinski definition) is 3. The van der Waals surface area contributed by atoms with Gasteiger partial charge >= 0.3 is 0 Å². The predicted molar refractivity (Wildman–Crippen MR) is 80.6 cm³/mol. The summed E-state index contributed by atoms with van der Waals surface area (Å²) in [5.41, 5.74) is 0.942. The summed E-state index contributed by atoms with van der Waals surface area (Å²) >= 11 is 3.14. The molecule has 0 atom stereocenters. The first kappa shape index (κ1) is 14.5. The van der Waals surface area contributed by atoms with E-state index in [1.807, 2.05) is 0 Å². The Labute approximate surface area is 132 Å². The second-order valence-electron chi connectivity index (χ2n) is 4.72. The number of anilines is 1. The zero-order chi connectivity index (χ0) is 16.0. The third-order valence-corrected chi connectivity index (χ3v) is 4.03. The zero-order valence-electron chi connectivity index (χ0n) is 11.6. The van der Waals surface area contributed by atoms with Gasteiger partial charge in [-0.15, -0.1) is 0 Å². The molecule has 22 heavy (non-hydrogen) atoms. The smallest absolute Gasteiger partial charge is 0.278 e. The van der Waals surface area contributed by atoms with Gasteiger partial charge in [-0.05, 0) is 41.9 Å². The van der Waals surface area contributed by atoms with E-state index >= 15 is 0 Å². The minimum atomic E-state index is -0.592. The molecule has 9 heteroatoms. The molecule has 3 aromatic rings. The number of carbonyl (C=O) groups is 1. The maximum Gasteiger partial charge on any atom is 0.278 e. The summed E-state index contributed by atoms with van der Waals surface area (Å²) in [4.78, 5) is 16.3. The number of halogens is 2. The van der Waals surface area contributed by atoms with E-state index in [0.29, 0.717) is 27.2 Å². The number of aromatic nitrogens is 4. The van der Waals surface area contributed by atoms with Crippen LogP contribution >= 0.6 is 15.9 Å². The minimum absolute atomic E-state index is 0.00109. The number of hydrogen-bond acceptors (Lipinski definition) is 4. The highest BCUT2D eigenvalue weighted by Gasteiger charge is 2.21. The molecule has 2 aromatic heterocycles. The molecule has 7 nitrogen and oxygen atoms in total. The third-order valence-electron chi connectivity index (χ3n) is 3.26. The number of aryl methyl sites for hydroxylation is 2. The molecule has 0 aliphatic carbocycles. The number of nitrogens with one attached hydrogen (secondary N) is 2. The molecule has 0 saturated heterocycles. The summed E-state index contributed by atoms with van der Waals surface area (Å²) in [7, 11) is 0. The average Bonchev–Trinajstić information content (AvgIpc) is 2.96. The van der Waals surface area contributed by atoms with Gasteiger partial charge in [0.25, 0.3) is 5.91 Å². The van der Waals surface area contributed by atoms with Crippen LogP contribution in [0.15, 0.2) is 16.6 Å². The first-order valence-electron chi connectivity index (χ1n) is 6.28. The molecular weight excluding hydrogens is 357 g/mol. The van der Waals surface area contributed by atoms with Crippen molar-refractivity contribution in [1.82, 2.24) is 19.9 Å². The van der Waals surface area contributed by atoms with Gasteiger partial charge in [0.05, 0.1) is 21.1 Å². The number of H-pyrrole nitrogens is 1. The van der Waals surface area contributed by atoms with E-state index in [4.69, 9.17) is 0 Å². The highest BCUT2D eigenvalue weighted by atomic mass is 79.9. The number of imidazole rings is 1. The standard InChI is InChI=1S/C13H11BrFN5O2/c1-5-11(20(22)6(2)16-5)13(21)17-12-9-8(18-19-12)4-3-7(15)10(9)14/h3-4,22H,1-2H3,(H2,17,18,19,21). The van der Waals surface area contributed by atoms with Crippen LogP contribution in [-0.4, -0.2) is 31.0 Å². The van der Waals surface area contributed by atoms with Gasteiger partial charge in [-0.3, -0.25) is 9.89 Å². The number of carbonyl (C=O) groups excluding carboxylic acids is 1. The molecule has 114 valence electrons. The van der Waals surface area contributed by atoms with Crippen molar-refractivity contribution in [3.05, 3.63) is 39.6 Å². The van der Waals surface area contributed by atoms with Crippen LogP contribution in [0.5, 0.6) is 0 Å². The van der Waals surface area contributed by atoms with Gasteiger partial charge in [0.2, 0.25) is 0 Å². The van der Waals surface area contributed by atoms with Crippen LogP contribution in [0.1, 0.15) is 22.0 Å². The first-order chi connectivity index (χ1) is 10.4. The molecule has 1 amide bonds. The fourth-order valence-corrected chi connectivity index (χ4v) is 2.76. The van der Waals surface area contributed by atoms with Crippen molar-refractivity contribution in [2.75, 3.05) is 5.32 Å². The van der Waals surface area contributed by atoms with Crippen molar-refractivity contribution >= 4 is 38.6 Å². The Bertz CT molecular complexity index is 902. The Morgan fingerprint density at radius 1 is 1.45 bits per heavy atom. The highest BCUT2D eigenvalue weighted by Crippen LogP contribution is 2.31.